The maximum absolute atomic E-state index is 12.7. The van der Waals surface area contributed by atoms with Crippen molar-refractivity contribution in [3.8, 4) is 17.1 Å². The van der Waals surface area contributed by atoms with Gasteiger partial charge in [-0.3, -0.25) is 4.79 Å². The summed E-state index contributed by atoms with van der Waals surface area (Å²) in [5, 5.41) is 6.90. The average Bonchev–Trinajstić information content (AvgIpc) is 3.24. The maximum atomic E-state index is 12.7. The number of ether oxygens (including phenoxy) is 1. The van der Waals surface area contributed by atoms with E-state index in [-0.39, 0.29) is 12.5 Å². The van der Waals surface area contributed by atoms with Crippen LogP contribution in [0, 0.1) is 6.92 Å². The van der Waals surface area contributed by atoms with Crippen molar-refractivity contribution >= 4 is 11.6 Å². The highest BCUT2D eigenvalue weighted by Gasteiger charge is 2.15. The number of aromatic nitrogens is 2. The molecule has 1 amide bonds. The van der Waals surface area contributed by atoms with Crippen LogP contribution in [0.2, 0.25) is 0 Å². The molecule has 0 bridgehead atoms. The van der Waals surface area contributed by atoms with E-state index >= 15 is 0 Å². The minimum absolute atomic E-state index is 0.0640. The number of nitrogens with zero attached hydrogens (tertiary/aromatic N) is 2. The summed E-state index contributed by atoms with van der Waals surface area (Å²) in [4.78, 5) is 17.1. The van der Waals surface area contributed by atoms with Gasteiger partial charge in [0.1, 0.15) is 5.75 Å². The number of rotatable bonds is 6. The van der Waals surface area contributed by atoms with E-state index in [1.54, 1.807) is 18.2 Å². The molecule has 144 valence electrons. The second-order valence-corrected chi connectivity index (χ2v) is 6.43. The van der Waals surface area contributed by atoms with Gasteiger partial charge in [0.2, 0.25) is 5.82 Å². The Kier molecular flexibility index (Phi) is 5.33. The molecule has 1 heterocycles. The van der Waals surface area contributed by atoms with Crippen molar-refractivity contribution in [2.24, 2.45) is 0 Å². The van der Waals surface area contributed by atoms with E-state index in [2.05, 4.69) is 15.5 Å². The lowest BCUT2D eigenvalue weighted by molar-refractivity contribution is 0.102. The number of nitrogens with one attached hydrogen (secondary N) is 1. The molecule has 0 fully saturated rings. The molecule has 1 N–H and O–H groups in total. The van der Waals surface area contributed by atoms with Gasteiger partial charge in [-0.25, -0.2) is 0 Å². The predicted molar refractivity (Wildman–Crippen MR) is 110 cm³/mol. The van der Waals surface area contributed by atoms with Crippen LogP contribution in [-0.4, -0.2) is 16.0 Å². The molecule has 29 heavy (non-hydrogen) atoms. The van der Waals surface area contributed by atoms with Crippen molar-refractivity contribution in [2.75, 3.05) is 5.32 Å². The second-order valence-electron chi connectivity index (χ2n) is 6.43. The highest BCUT2D eigenvalue weighted by molar-refractivity contribution is 6.06. The molecule has 0 saturated heterocycles. The van der Waals surface area contributed by atoms with E-state index < -0.39 is 0 Å². The molecule has 4 aromatic rings. The predicted octanol–water partition coefficient (Wildman–Crippen LogP) is 4.88. The molecule has 0 aliphatic heterocycles. The molecule has 0 unspecified atom stereocenters. The van der Waals surface area contributed by atoms with Crippen LogP contribution in [-0.2, 0) is 6.61 Å². The summed E-state index contributed by atoms with van der Waals surface area (Å²) in [5.74, 6) is 1.02. The zero-order chi connectivity index (χ0) is 20.1. The standard InChI is InChI=1S/C23H19N3O3/c1-16-9-5-7-13-19(16)24-23(27)18-12-6-8-14-20(18)28-15-21-25-22(26-29-21)17-10-3-2-4-11-17/h2-14H,15H2,1H3,(H,24,27). The molecule has 0 aliphatic rings. The number of amides is 1. The van der Waals surface area contributed by atoms with Crippen LogP contribution in [0.4, 0.5) is 5.69 Å². The van der Waals surface area contributed by atoms with Crippen LogP contribution >= 0.6 is 0 Å². The Morgan fingerprint density at radius 1 is 0.966 bits per heavy atom. The summed E-state index contributed by atoms with van der Waals surface area (Å²) in [6.45, 7) is 2.01. The number of hydrogen-bond acceptors (Lipinski definition) is 5. The molecule has 0 radical (unpaired) electrons. The Balaban J connectivity index is 1.47. The molecule has 0 saturated carbocycles. The van der Waals surface area contributed by atoms with E-state index in [9.17, 15) is 4.79 Å². The number of hydrogen-bond donors (Lipinski definition) is 1. The monoisotopic (exact) mass is 385 g/mol. The molecule has 1 aromatic heterocycles. The van der Waals surface area contributed by atoms with Crippen molar-refractivity contribution in [2.45, 2.75) is 13.5 Å². The fraction of sp³-hybridized carbons (Fsp3) is 0.0870. The number of benzene rings is 3. The Hall–Kier alpha value is -3.93. The quantitative estimate of drug-likeness (QED) is 0.512. The number of carbonyl (C=O) groups is 1. The van der Waals surface area contributed by atoms with Crippen molar-refractivity contribution in [3.05, 3.63) is 95.9 Å². The lowest BCUT2D eigenvalue weighted by atomic mass is 10.1. The van der Waals surface area contributed by atoms with Gasteiger partial charge in [-0.05, 0) is 30.7 Å². The lowest BCUT2D eigenvalue weighted by Crippen LogP contribution is -2.14. The first-order valence-corrected chi connectivity index (χ1v) is 9.17. The largest absolute Gasteiger partial charge is 0.483 e. The number of para-hydroxylation sites is 2. The summed E-state index contributed by atoms with van der Waals surface area (Å²) < 4.78 is 11.1. The lowest BCUT2D eigenvalue weighted by Gasteiger charge is -2.11. The Bertz CT molecular complexity index is 1120. The minimum Gasteiger partial charge on any atom is -0.483 e. The van der Waals surface area contributed by atoms with Gasteiger partial charge in [-0.1, -0.05) is 65.8 Å². The fourth-order valence-electron chi connectivity index (χ4n) is 2.84. The Labute approximate surface area is 168 Å². The van der Waals surface area contributed by atoms with Crippen LogP contribution in [0.25, 0.3) is 11.4 Å². The average molecular weight is 385 g/mol. The van der Waals surface area contributed by atoms with Gasteiger partial charge in [0.05, 0.1) is 5.56 Å². The van der Waals surface area contributed by atoms with E-state index in [0.29, 0.717) is 23.0 Å². The molecular weight excluding hydrogens is 366 g/mol. The van der Waals surface area contributed by atoms with E-state index in [0.717, 1.165) is 16.8 Å². The summed E-state index contributed by atoms with van der Waals surface area (Å²) in [7, 11) is 0. The highest BCUT2D eigenvalue weighted by atomic mass is 16.5. The van der Waals surface area contributed by atoms with Gasteiger partial charge in [-0.2, -0.15) is 4.98 Å². The zero-order valence-electron chi connectivity index (χ0n) is 15.8. The topological polar surface area (TPSA) is 77.2 Å². The second kappa shape index (κ2) is 8.39. The molecule has 0 spiro atoms. The summed E-state index contributed by atoms with van der Waals surface area (Å²) in [6.07, 6.45) is 0. The minimum atomic E-state index is -0.245. The molecule has 6 nitrogen and oxygen atoms in total. The smallest absolute Gasteiger partial charge is 0.264 e. The van der Waals surface area contributed by atoms with Gasteiger partial charge in [0, 0.05) is 11.3 Å². The number of aryl methyl sites for hydroxylation is 1. The molecular formula is C23H19N3O3. The van der Waals surface area contributed by atoms with Crippen molar-refractivity contribution in [3.63, 3.8) is 0 Å². The maximum Gasteiger partial charge on any atom is 0.264 e. The third kappa shape index (κ3) is 4.32. The SMILES string of the molecule is Cc1ccccc1NC(=O)c1ccccc1OCc1nc(-c2ccccc2)no1. The van der Waals surface area contributed by atoms with Gasteiger partial charge < -0.3 is 14.6 Å². The van der Waals surface area contributed by atoms with Crippen LogP contribution in [0.3, 0.4) is 0 Å². The summed E-state index contributed by atoms with van der Waals surface area (Å²) >= 11 is 0. The van der Waals surface area contributed by atoms with Gasteiger partial charge in [0.25, 0.3) is 11.8 Å². The third-order valence-corrected chi connectivity index (χ3v) is 4.38. The first-order valence-electron chi connectivity index (χ1n) is 9.17. The highest BCUT2D eigenvalue weighted by Crippen LogP contribution is 2.22. The van der Waals surface area contributed by atoms with E-state index in [1.165, 1.54) is 0 Å². The van der Waals surface area contributed by atoms with Gasteiger partial charge >= 0.3 is 0 Å². The Morgan fingerprint density at radius 3 is 2.52 bits per heavy atom. The van der Waals surface area contributed by atoms with Crippen molar-refractivity contribution < 1.29 is 14.1 Å². The Morgan fingerprint density at radius 2 is 1.69 bits per heavy atom. The van der Waals surface area contributed by atoms with Gasteiger partial charge in [-0.15, -0.1) is 0 Å². The first-order chi connectivity index (χ1) is 14.2. The molecule has 0 atom stereocenters. The molecule has 3 aromatic carbocycles. The van der Waals surface area contributed by atoms with E-state index in [4.69, 9.17) is 9.26 Å². The summed E-state index contributed by atoms with van der Waals surface area (Å²) in [6, 6.07) is 24.2. The summed E-state index contributed by atoms with van der Waals surface area (Å²) in [5.41, 5.74) is 3.04. The normalized spacial score (nSPS) is 10.5. The molecule has 4 rings (SSSR count). The number of anilines is 1. The van der Waals surface area contributed by atoms with Crippen LogP contribution in [0.1, 0.15) is 21.8 Å². The van der Waals surface area contributed by atoms with Crippen molar-refractivity contribution in [1.29, 1.82) is 0 Å². The third-order valence-electron chi connectivity index (χ3n) is 4.38. The van der Waals surface area contributed by atoms with Crippen LogP contribution in [0.5, 0.6) is 5.75 Å². The molecule has 6 heteroatoms. The fourth-order valence-corrected chi connectivity index (χ4v) is 2.84. The first kappa shape index (κ1) is 18.4. The van der Waals surface area contributed by atoms with E-state index in [1.807, 2.05) is 67.6 Å². The number of carbonyl (C=O) groups excluding carboxylic acids is 1. The van der Waals surface area contributed by atoms with Crippen molar-refractivity contribution in [1.82, 2.24) is 10.1 Å². The molecule has 0 aliphatic carbocycles. The van der Waals surface area contributed by atoms with Gasteiger partial charge in [0.15, 0.2) is 6.61 Å². The zero-order valence-corrected chi connectivity index (χ0v) is 15.8. The van der Waals surface area contributed by atoms with Crippen LogP contribution < -0.4 is 10.1 Å². The van der Waals surface area contributed by atoms with Crippen LogP contribution in [0.15, 0.2) is 83.4 Å².